The van der Waals surface area contributed by atoms with Crippen molar-refractivity contribution in [1.82, 2.24) is 4.98 Å². The predicted molar refractivity (Wildman–Crippen MR) is 94.4 cm³/mol. The summed E-state index contributed by atoms with van der Waals surface area (Å²) in [6.45, 7) is 4.00. The number of aromatic amines is 1. The molecule has 0 saturated carbocycles. The van der Waals surface area contributed by atoms with Crippen LogP contribution in [0, 0.1) is 0 Å². The minimum atomic E-state index is 0.935. The molecule has 0 unspecified atom stereocenters. The van der Waals surface area contributed by atoms with Crippen LogP contribution in [-0.2, 0) is 0 Å². The molecule has 5 rings (SSSR count). The monoisotopic (exact) mass is 287 g/mol. The Kier molecular flexibility index (Phi) is 2.90. The van der Waals surface area contributed by atoms with Crippen molar-refractivity contribution in [3.05, 3.63) is 60.7 Å². The van der Waals surface area contributed by atoms with E-state index in [0.29, 0.717) is 0 Å². The van der Waals surface area contributed by atoms with Gasteiger partial charge in [0, 0.05) is 21.7 Å². The summed E-state index contributed by atoms with van der Waals surface area (Å²) in [5.74, 6) is 0. The van der Waals surface area contributed by atoms with Gasteiger partial charge < -0.3 is 9.40 Å². The summed E-state index contributed by atoms with van der Waals surface area (Å²) in [5.41, 5.74) is 4.20. The van der Waals surface area contributed by atoms with Crippen LogP contribution in [0.4, 0.5) is 0 Å². The van der Waals surface area contributed by atoms with Gasteiger partial charge >= 0.3 is 0 Å². The Morgan fingerprint density at radius 2 is 1.41 bits per heavy atom. The average Bonchev–Trinajstić information content (AvgIpc) is 3.14. The van der Waals surface area contributed by atoms with E-state index in [4.69, 9.17) is 4.42 Å². The third-order valence-corrected chi connectivity index (χ3v) is 4.02. The third kappa shape index (κ3) is 1.67. The second-order valence-corrected chi connectivity index (χ2v) is 5.13. The normalized spacial score (nSPS) is 11.2. The molecule has 0 bridgehead atoms. The van der Waals surface area contributed by atoms with Crippen LogP contribution >= 0.6 is 0 Å². The highest BCUT2D eigenvalue weighted by Crippen LogP contribution is 2.36. The molecule has 3 aromatic carbocycles. The van der Waals surface area contributed by atoms with Gasteiger partial charge in [0.1, 0.15) is 11.2 Å². The molecule has 2 heteroatoms. The van der Waals surface area contributed by atoms with E-state index in [2.05, 4.69) is 53.5 Å². The van der Waals surface area contributed by atoms with Gasteiger partial charge in [0.25, 0.3) is 0 Å². The molecule has 0 aliphatic heterocycles. The van der Waals surface area contributed by atoms with E-state index >= 15 is 0 Å². The number of para-hydroxylation sites is 2. The summed E-state index contributed by atoms with van der Waals surface area (Å²) in [5, 5.41) is 4.85. The zero-order valence-electron chi connectivity index (χ0n) is 12.7. The molecule has 0 atom stereocenters. The van der Waals surface area contributed by atoms with E-state index in [-0.39, 0.29) is 0 Å². The van der Waals surface area contributed by atoms with Crippen LogP contribution in [0.2, 0.25) is 0 Å². The first kappa shape index (κ1) is 13.0. The van der Waals surface area contributed by atoms with E-state index < -0.39 is 0 Å². The lowest BCUT2D eigenvalue weighted by Crippen LogP contribution is -1.71. The number of hydrogen-bond donors (Lipinski definition) is 1. The SMILES string of the molecule is CC.c1ccc2c(c1)[nH]c1c2ccc2oc3ccccc3c21. The first-order valence-electron chi connectivity index (χ1n) is 7.72. The highest BCUT2D eigenvalue weighted by molar-refractivity contribution is 6.23. The van der Waals surface area contributed by atoms with E-state index in [1.165, 1.54) is 27.1 Å². The maximum absolute atomic E-state index is 5.94. The molecule has 0 saturated heterocycles. The van der Waals surface area contributed by atoms with Gasteiger partial charge in [0.05, 0.1) is 10.9 Å². The Morgan fingerprint density at radius 3 is 2.27 bits per heavy atom. The third-order valence-electron chi connectivity index (χ3n) is 4.02. The highest BCUT2D eigenvalue weighted by Gasteiger charge is 2.12. The number of fused-ring (bicyclic) bond motifs is 7. The van der Waals surface area contributed by atoms with Gasteiger partial charge in [0.15, 0.2) is 0 Å². The molecule has 5 aromatic rings. The van der Waals surface area contributed by atoms with Crippen molar-refractivity contribution in [3.63, 3.8) is 0 Å². The molecule has 108 valence electrons. The van der Waals surface area contributed by atoms with Gasteiger partial charge in [0.2, 0.25) is 0 Å². The zero-order valence-corrected chi connectivity index (χ0v) is 12.7. The smallest absolute Gasteiger partial charge is 0.137 e. The molecule has 0 amide bonds. The Balaban J connectivity index is 0.000000602. The van der Waals surface area contributed by atoms with Gasteiger partial charge in [-0.1, -0.05) is 50.2 Å². The van der Waals surface area contributed by atoms with Crippen LogP contribution < -0.4 is 0 Å². The van der Waals surface area contributed by atoms with E-state index in [0.717, 1.165) is 16.7 Å². The summed E-state index contributed by atoms with van der Waals surface area (Å²) >= 11 is 0. The highest BCUT2D eigenvalue weighted by atomic mass is 16.3. The number of rotatable bonds is 0. The first-order chi connectivity index (χ1) is 10.9. The second-order valence-electron chi connectivity index (χ2n) is 5.13. The van der Waals surface area contributed by atoms with Crippen molar-refractivity contribution in [3.8, 4) is 0 Å². The first-order valence-corrected chi connectivity index (χ1v) is 7.72. The van der Waals surface area contributed by atoms with Crippen LogP contribution in [0.5, 0.6) is 0 Å². The van der Waals surface area contributed by atoms with Crippen LogP contribution in [0.1, 0.15) is 13.8 Å². The lowest BCUT2D eigenvalue weighted by Gasteiger charge is -1.93. The van der Waals surface area contributed by atoms with Gasteiger partial charge in [-0.15, -0.1) is 0 Å². The fourth-order valence-corrected chi connectivity index (χ4v) is 3.13. The largest absolute Gasteiger partial charge is 0.456 e. The second kappa shape index (κ2) is 4.92. The summed E-state index contributed by atoms with van der Waals surface area (Å²) in [4.78, 5) is 3.54. The van der Waals surface area contributed by atoms with Crippen molar-refractivity contribution in [2.75, 3.05) is 0 Å². The topological polar surface area (TPSA) is 28.9 Å². The number of furan rings is 1. The van der Waals surface area contributed by atoms with Gasteiger partial charge in [-0.25, -0.2) is 0 Å². The van der Waals surface area contributed by atoms with Gasteiger partial charge in [-0.2, -0.15) is 0 Å². The quantitative estimate of drug-likeness (QED) is 0.358. The zero-order chi connectivity index (χ0) is 15.1. The predicted octanol–water partition coefficient (Wildman–Crippen LogP) is 6.25. The number of aromatic nitrogens is 1. The summed E-state index contributed by atoms with van der Waals surface area (Å²) in [6.07, 6.45) is 0. The average molecular weight is 287 g/mol. The maximum atomic E-state index is 5.94. The molecule has 2 aromatic heterocycles. The fraction of sp³-hybridized carbons (Fsp3) is 0.100. The molecule has 2 heterocycles. The molecular weight excluding hydrogens is 270 g/mol. The number of H-pyrrole nitrogens is 1. The Bertz CT molecular complexity index is 1100. The lowest BCUT2D eigenvalue weighted by molar-refractivity contribution is 0.669. The van der Waals surface area contributed by atoms with Crippen LogP contribution in [0.25, 0.3) is 43.7 Å². The number of benzene rings is 3. The fourth-order valence-electron chi connectivity index (χ4n) is 3.13. The van der Waals surface area contributed by atoms with E-state index in [9.17, 15) is 0 Å². The van der Waals surface area contributed by atoms with E-state index in [1.807, 2.05) is 26.0 Å². The van der Waals surface area contributed by atoms with Crippen LogP contribution in [-0.4, -0.2) is 4.98 Å². The molecule has 0 fully saturated rings. The van der Waals surface area contributed by atoms with Gasteiger partial charge in [-0.3, -0.25) is 0 Å². The molecule has 0 aliphatic carbocycles. The van der Waals surface area contributed by atoms with Crippen molar-refractivity contribution >= 4 is 43.7 Å². The Labute approximate surface area is 128 Å². The van der Waals surface area contributed by atoms with E-state index in [1.54, 1.807) is 0 Å². The minimum Gasteiger partial charge on any atom is -0.456 e. The molecule has 0 spiro atoms. The van der Waals surface area contributed by atoms with Crippen molar-refractivity contribution in [1.29, 1.82) is 0 Å². The lowest BCUT2D eigenvalue weighted by atomic mass is 10.1. The molecule has 0 aliphatic rings. The molecule has 2 nitrogen and oxygen atoms in total. The van der Waals surface area contributed by atoms with Gasteiger partial charge in [-0.05, 0) is 24.3 Å². The van der Waals surface area contributed by atoms with Crippen molar-refractivity contribution in [2.24, 2.45) is 0 Å². The van der Waals surface area contributed by atoms with Crippen molar-refractivity contribution in [2.45, 2.75) is 13.8 Å². The number of hydrogen-bond acceptors (Lipinski definition) is 1. The molecular formula is C20H17NO. The summed E-state index contributed by atoms with van der Waals surface area (Å²) in [6, 6.07) is 20.8. The molecule has 0 radical (unpaired) electrons. The molecule has 22 heavy (non-hydrogen) atoms. The van der Waals surface area contributed by atoms with Crippen LogP contribution in [0.3, 0.4) is 0 Å². The van der Waals surface area contributed by atoms with Crippen molar-refractivity contribution < 1.29 is 4.42 Å². The summed E-state index contributed by atoms with van der Waals surface area (Å²) < 4.78 is 5.94. The number of nitrogens with one attached hydrogen (secondary N) is 1. The van der Waals surface area contributed by atoms with Crippen LogP contribution in [0.15, 0.2) is 65.1 Å². The standard InChI is InChI=1S/C18H11NO.C2H6/c1-3-7-14-11(5-1)12-9-10-16-17(18(12)19-14)13-6-2-4-8-15(13)20-16;1-2/h1-10,19H;1-2H3. The Morgan fingerprint density at radius 1 is 0.682 bits per heavy atom. The minimum absolute atomic E-state index is 0.935. The maximum Gasteiger partial charge on any atom is 0.137 e. The summed E-state index contributed by atoms with van der Waals surface area (Å²) in [7, 11) is 0. The molecule has 1 N–H and O–H groups in total. The Hall–Kier alpha value is -2.74.